The maximum absolute atomic E-state index is 10.6. The SMILES string of the molecule is CCCNC(C)/C(C)=C/c1ccc([N+](=O)[O-])s1. The normalized spacial score (nSPS) is 13.7. The molecule has 5 heteroatoms. The van der Waals surface area contributed by atoms with Crippen LogP contribution in [0.3, 0.4) is 0 Å². The lowest BCUT2D eigenvalue weighted by molar-refractivity contribution is -0.380. The first kappa shape index (κ1) is 13.9. The Labute approximate surface area is 106 Å². The van der Waals surface area contributed by atoms with Gasteiger partial charge in [0.1, 0.15) is 0 Å². The van der Waals surface area contributed by atoms with E-state index in [1.54, 1.807) is 12.1 Å². The molecule has 1 unspecified atom stereocenters. The summed E-state index contributed by atoms with van der Waals surface area (Å²) in [5.41, 5.74) is 1.19. The van der Waals surface area contributed by atoms with Crippen molar-refractivity contribution in [1.29, 1.82) is 0 Å². The minimum atomic E-state index is -0.351. The molecule has 1 rings (SSSR count). The summed E-state index contributed by atoms with van der Waals surface area (Å²) in [4.78, 5) is 11.1. The third kappa shape index (κ3) is 4.28. The van der Waals surface area contributed by atoms with E-state index in [0.29, 0.717) is 6.04 Å². The minimum Gasteiger partial charge on any atom is -0.311 e. The van der Waals surface area contributed by atoms with Gasteiger partial charge in [0, 0.05) is 17.0 Å². The van der Waals surface area contributed by atoms with Crippen LogP contribution in [-0.4, -0.2) is 17.5 Å². The van der Waals surface area contributed by atoms with Gasteiger partial charge in [0.15, 0.2) is 0 Å². The summed E-state index contributed by atoms with van der Waals surface area (Å²) in [6, 6.07) is 3.64. The van der Waals surface area contributed by atoms with Gasteiger partial charge in [-0.1, -0.05) is 23.8 Å². The van der Waals surface area contributed by atoms with Crippen LogP contribution in [0.15, 0.2) is 17.7 Å². The molecule has 0 bridgehead atoms. The summed E-state index contributed by atoms with van der Waals surface area (Å²) in [6.07, 6.45) is 3.10. The van der Waals surface area contributed by atoms with E-state index in [0.717, 1.165) is 17.8 Å². The summed E-state index contributed by atoms with van der Waals surface area (Å²) in [5.74, 6) is 0. The highest BCUT2D eigenvalue weighted by molar-refractivity contribution is 7.16. The van der Waals surface area contributed by atoms with Gasteiger partial charge in [-0.15, -0.1) is 0 Å². The predicted octanol–water partition coefficient (Wildman–Crippen LogP) is 3.45. The highest BCUT2D eigenvalue weighted by Gasteiger charge is 2.09. The monoisotopic (exact) mass is 254 g/mol. The summed E-state index contributed by atoms with van der Waals surface area (Å²) < 4.78 is 0. The predicted molar refractivity (Wildman–Crippen MR) is 72.4 cm³/mol. The van der Waals surface area contributed by atoms with Crippen LogP contribution in [0.25, 0.3) is 6.08 Å². The van der Waals surface area contributed by atoms with Gasteiger partial charge in [-0.05, 0) is 39.0 Å². The number of nitrogens with one attached hydrogen (secondary N) is 1. The van der Waals surface area contributed by atoms with Crippen LogP contribution in [0, 0.1) is 10.1 Å². The Morgan fingerprint density at radius 3 is 2.88 bits per heavy atom. The Bertz CT molecular complexity index is 412. The van der Waals surface area contributed by atoms with Crippen LogP contribution in [0.5, 0.6) is 0 Å². The molecule has 1 aromatic heterocycles. The molecule has 0 saturated carbocycles. The Hall–Kier alpha value is -1.20. The van der Waals surface area contributed by atoms with E-state index in [4.69, 9.17) is 0 Å². The number of hydrogen-bond acceptors (Lipinski definition) is 4. The highest BCUT2D eigenvalue weighted by Crippen LogP contribution is 2.26. The second kappa shape index (κ2) is 6.51. The van der Waals surface area contributed by atoms with Crippen molar-refractivity contribution in [3.8, 4) is 0 Å². The second-order valence-electron chi connectivity index (χ2n) is 4.00. The average Bonchev–Trinajstić information content (AvgIpc) is 2.74. The molecule has 0 aromatic carbocycles. The first-order chi connectivity index (χ1) is 8.04. The molecule has 0 aliphatic rings. The quantitative estimate of drug-likeness (QED) is 0.625. The summed E-state index contributed by atoms with van der Waals surface area (Å²) in [7, 11) is 0. The lowest BCUT2D eigenvalue weighted by atomic mass is 10.1. The lowest BCUT2D eigenvalue weighted by Crippen LogP contribution is -2.27. The number of nitro groups is 1. The molecule has 0 amide bonds. The van der Waals surface area contributed by atoms with Crippen molar-refractivity contribution in [2.45, 2.75) is 33.2 Å². The van der Waals surface area contributed by atoms with Crippen LogP contribution < -0.4 is 5.32 Å². The van der Waals surface area contributed by atoms with Crippen LogP contribution in [-0.2, 0) is 0 Å². The fourth-order valence-corrected chi connectivity index (χ4v) is 2.22. The number of hydrogen-bond donors (Lipinski definition) is 1. The molecule has 0 radical (unpaired) electrons. The molecule has 4 nitrogen and oxygen atoms in total. The van der Waals surface area contributed by atoms with Crippen LogP contribution in [0.1, 0.15) is 32.1 Å². The Kier molecular flexibility index (Phi) is 5.31. The van der Waals surface area contributed by atoms with Crippen molar-refractivity contribution in [3.05, 3.63) is 32.7 Å². The maximum Gasteiger partial charge on any atom is 0.324 e. The van der Waals surface area contributed by atoms with Crippen molar-refractivity contribution < 1.29 is 4.92 Å². The third-order valence-corrected chi connectivity index (χ3v) is 3.53. The fraction of sp³-hybridized carbons (Fsp3) is 0.500. The Morgan fingerprint density at radius 2 is 2.35 bits per heavy atom. The minimum absolute atomic E-state index is 0.193. The van der Waals surface area contributed by atoms with Crippen LogP contribution >= 0.6 is 11.3 Å². The molecule has 0 aliphatic carbocycles. The molecular formula is C12H18N2O2S. The third-order valence-electron chi connectivity index (χ3n) is 2.55. The van der Waals surface area contributed by atoms with E-state index in [2.05, 4.69) is 19.2 Å². The van der Waals surface area contributed by atoms with Crippen molar-refractivity contribution >= 4 is 22.4 Å². The lowest BCUT2D eigenvalue weighted by Gasteiger charge is -2.13. The number of nitrogens with zero attached hydrogens (tertiary/aromatic N) is 1. The smallest absolute Gasteiger partial charge is 0.311 e. The van der Waals surface area contributed by atoms with E-state index in [9.17, 15) is 10.1 Å². The molecule has 1 heterocycles. The van der Waals surface area contributed by atoms with Gasteiger partial charge in [-0.2, -0.15) is 0 Å². The van der Waals surface area contributed by atoms with Gasteiger partial charge in [0.05, 0.1) is 4.92 Å². The first-order valence-corrected chi connectivity index (χ1v) is 6.52. The zero-order valence-corrected chi connectivity index (χ0v) is 11.2. The van der Waals surface area contributed by atoms with E-state index in [1.807, 2.05) is 13.0 Å². The van der Waals surface area contributed by atoms with Gasteiger partial charge >= 0.3 is 5.00 Å². The second-order valence-corrected chi connectivity index (χ2v) is 5.09. The maximum atomic E-state index is 10.6. The van der Waals surface area contributed by atoms with E-state index in [-0.39, 0.29) is 9.92 Å². The molecule has 0 spiro atoms. The van der Waals surface area contributed by atoms with Gasteiger partial charge in [-0.3, -0.25) is 10.1 Å². The standard InChI is InChI=1S/C12H18N2O2S/c1-4-7-13-10(3)9(2)8-11-5-6-12(17-11)14(15)16/h5-6,8,10,13H,4,7H2,1-3H3/b9-8+. The highest BCUT2D eigenvalue weighted by atomic mass is 32.1. The summed E-state index contributed by atoms with van der Waals surface area (Å²) in [6.45, 7) is 7.25. The van der Waals surface area contributed by atoms with E-state index in [1.165, 1.54) is 16.9 Å². The molecule has 1 atom stereocenters. The molecule has 0 fully saturated rings. The zero-order valence-electron chi connectivity index (χ0n) is 10.4. The van der Waals surface area contributed by atoms with Crippen molar-refractivity contribution in [3.63, 3.8) is 0 Å². The average molecular weight is 254 g/mol. The summed E-state index contributed by atoms with van der Waals surface area (Å²) >= 11 is 1.21. The zero-order chi connectivity index (χ0) is 12.8. The Morgan fingerprint density at radius 1 is 1.65 bits per heavy atom. The largest absolute Gasteiger partial charge is 0.324 e. The van der Waals surface area contributed by atoms with Gasteiger partial charge in [0.2, 0.25) is 0 Å². The molecular weight excluding hydrogens is 236 g/mol. The molecule has 1 aromatic rings. The van der Waals surface area contributed by atoms with Crippen molar-refractivity contribution in [2.75, 3.05) is 6.54 Å². The fourth-order valence-electron chi connectivity index (χ4n) is 1.39. The van der Waals surface area contributed by atoms with Gasteiger partial charge in [0.25, 0.3) is 0 Å². The molecule has 17 heavy (non-hydrogen) atoms. The number of thiophene rings is 1. The van der Waals surface area contributed by atoms with Crippen molar-refractivity contribution in [1.82, 2.24) is 5.32 Å². The van der Waals surface area contributed by atoms with Crippen molar-refractivity contribution in [2.24, 2.45) is 0 Å². The van der Waals surface area contributed by atoms with Gasteiger partial charge in [-0.25, -0.2) is 0 Å². The van der Waals surface area contributed by atoms with Crippen LogP contribution in [0.2, 0.25) is 0 Å². The molecule has 0 aliphatic heterocycles. The van der Waals surface area contributed by atoms with E-state index >= 15 is 0 Å². The van der Waals surface area contributed by atoms with Crippen LogP contribution in [0.4, 0.5) is 5.00 Å². The molecule has 1 N–H and O–H groups in total. The first-order valence-electron chi connectivity index (χ1n) is 5.70. The van der Waals surface area contributed by atoms with E-state index < -0.39 is 0 Å². The topological polar surface area (TPSA) is 55.2 Å². The Balaban J connectivity index is 2.69. The number of rotatable bonds is 6. The summed E-state index contributed by atoms with van der Waals surface area (Å²) in [5, 5.41) is 14.1. The molecule has 0 saturated heterocycles. The molecule has 94 valence electrons. The van der Waals surface area contributed by atoms with Gasteiger partial charge < -0.3 is 5.32 Å².